The summed E-state index contributed by atoms with van der Waals surface area (Å²) in [5, 5.41) is 7.66. The van der Waals surface area contributed by atoms with Gasteiger partial charge in [-0.1, -0.05) is 13.0 Å². The average Bonchev–Trinajstić information content (AvgIpc) is 2.90. The van der Waals surface area contributed by atoms with Crippen LogP contribution >= 0.6 is 0 Å². The van der Waals surface area contributed by atoms with Gasteiger partial charge in [-0.25, -0.2) is 0 Å². The first kappa shape index (κ1) is 15.3. The minimum Gasteiger partial charge on any atom is -0.493 e. The summed E-state index contributed by atoms with van der Waals surface area (Å²) in [6, 6.07) is 5.96. The van der Waals surface area contributed by atoms with Crippen LogP contribution in [-0.4, -0.2) is 23.3 Å². The van der Waals surface area contributed by atoms with E-state index in [9.17, 15) is 0 Å². The Hall–Kier alpha value is -2.08. The van der Waals surface area contributed by atoms with Crippen molar-refractivity contribution in [3.8, 4) is 11.5 Å². The fourth-order valence-electron chi connectivity index (χ4n) is 1.94. The lowest BCUT2D eigenvalue weighted by Crippen LogP contribution is -2.21. The Morgan fingerprint density at radius 1 is 1.29 bits per heavy atom. The molecule has 1 aromatic heterocycles. The van der Waals surface area contributed by atoms with Gasteiger partial charge in [0.1, 0.15) is 0 Å². The minimum atomic E-state index is 0.143. The normalized spacial score (nSPS) is 12.2. The van der Waals surface area contributed by atoms with Crippen LogP contribution in [0, 0.1) is 6.92 Å². The number of aromatic nitrogens is 2. The van der Waals surface area contributed by atoms with Gasteiger partial charge in [0.2, 0.25) is 5.89 Å². The van der Waals surface area contributed by atoms with Crippen molar-refractivity contribution >= 4 is 0 Å². The van der Waals surface area contributed by atoms with Crippen molar-refractivity contribution in [2.45, 2.75) is 39.3 Å². The van der Waals surface area contributed by atoms with Crippen molar-refractivity contribution in [2.75, 3.05) is 7.11 Å². The van der Waals surface area contributed by atoms with Crippen LogP contribution < -0.4 is 15.2 Å². The molecular weight excluding hydrogens is 270 g/mol. The number of hydrogen-bond acceptors (Lipinski definition) is 6. The minimum absolute atomic E-state index is 0.143. The first-order valence-corrected chi connectivity index (χ1v) is 6.96. The quantitative estimate of drug-likeness (QED) is 0.842. The molecule has 1 unspecified atom stereocenters. The van der Waals surface area contributed by atoms with Gasteiger partial charge in [-0.05, 0) is 30.5 Å². The maximum Gasteiger partial charge on any atom is 0.253 e. The summed E-state index contributed by atoms with van der Waals surface area (Å²) >= 11 is 0. The highest BCUT2D eigenvalue weighted by molar-refractivity contribution is 5.43. The van der Waals surface area contributed by atoms with Crippen molar-refractivity contribution in [1.29, 1.82) is 0 Å². The molecule has 21 heavy (non-hydrogen) atoms. The Morgan fingerprint density at radius 3 is 2.71 bits per heavy atom. The number of nitrogens with two attached hydrogens (primary N) is 1. The van der Waals surface area contributed by atoms with Crippen molar-refractivity contribution < 1.29 is 13.9 Å². The van der Waals surface area contributed by atoms with Crippen molar-refractivity contribution in [3.05, 3.63) is 35.5 Å². The van der Waals surface area contributed by atoms with Gasteiger partial charge in [0.25, 0.3) is 5.89 Å². The molecule has 0 saturated heterocycles. The van der Waals surface area contributed by atoms with Crippen LogP contribution in [-0.2, 0) is 13.0 Å². The number of nitrogens with zero attached hydrogens (tertiary/aromatic N) is 2. The van der Waals surface area contributed by atoms with Gasteiger partial charge in [-0.2, -0.15) is 0 Å². The van der Waals surface area contributed by atoms with Crippen molar-refractivity contribution in [1.82, 2.24) is 10.2 Å². The Balaban J connectivity index is 2.09. The Morgan fingerprint density at radius 2 is 2.10 bits per heavy atom. The van der Waals surface area contributed by atoms with E-state index in [0.717, 1.165) is 18.4 Å². The maximum absolute atomic E-state index is 5.99. The maximum atomic E-state index is 5.99. The van der Waals surface area contributed by atoms with E-state index in [-0.39, 0.29) is 12.6 Å². The summed E-state index contributed by atoms with van der Waals surface area (Å²) in [5.41, 5.74) is 7.10. The summed E-state index contributed by atoms with van der Waals surface area (Å²) in [4.78, 5) is 0. The molecule has 0 aliphatic heterocycles. The van der Waals surface area contributed by atoms with Gasteiger partial charge in [0.15, 0.2) is 18.1 Å². The molecule has 6 nitrogen and oxygen atoms in total. The van der Waals surface area contributed by atoms with Gasteiger partial charge >= 0.3 is 0 Å². The van der Waals surface area contributed by atoms with E-state index in [0.29, 0.717) is 23.3 Å². The molecule has 0 amide bonds. The van der Waals surface area contributed by atoms with Gasteiger partial charge < -0.3 is 19.6 Å². The average molecular weight is 291 g/mol. The number of aryl methyl sites for hydroxylation is 1. The molecule has 0 aliphatic rings. The second-order valence-electron chi connectivity index (χ2n) is 4.86. The molecule has 2 aromatic rings. The highest BCUT2D eigenvalue weighted by Gasteiger charge is 2.10. The second kappa shape index (κ2) is 7.08. The second-order valence-corrected chi connectivity index (χ2v) is 4.86. The molecule has 0 radical (unpaired) electrons. The molecule has 1 heterocycles. The third-order valence-electron chi connectivity index (χ3n) is 3.17. The van der Waals surface area contributed by atoms with Gasteiger partial charge in [-0.3, -0.25) is 0 Å². The molecule has 0 saturated carbocycles. The molecule has 0 spiro atoms. The zero-order valence-corrected chi connectivity index (χ0v) is 12.6. The molecule has 2 rings (SSSR count). The standard InChI is InChI=1S/C15H21N3O3/c1-4-12(16)7-11-5-6-13(19-3)14(8-11)20-9-15-18-17-10(2)21-15/h5-6,8,12H,4,7,9,16H2,1-3H3. The van der Waals surface area contributed by atoms with E-state index in [1.165, 1.54) is 0 Å². The number of hydrogen-bond donors (Lipinski definition) is 1. The molecule has 114 valence electrons. The van der Waals surface area contributed by atoms with Crippen LogP contribution in [0.15, 0.2) is 22.6 Å². The molecule has 0 fully saturated rings. The zero-order valence-electron chi connectivity index (χ0n) is 12.6. The van der Waals surface area contributed by atoms with E-state index in [1.54, 1.807) is 14.0 Å². The first-order valence-electron chi connectivity index (χ1n) is 6.96. The fraction of sp³-hybridized carbons (Fsp3) is 0.467. The topological polar surface area (TPSA) is 83.4 Å². The van der Waals surface area contributed by atoms with Crippen LogP contribution in [0.3, 0.4) is 0 Å². The lowest BCUT2D eigenvalue weighted by Gasteiger charge is -2.13. The number of rotatable bonds is 7. The SMILES string of the molecule is CCC(N)Cc1ccc(OC)c(OCc2nnc(C)o2)c1. The number of ether oxygens (including phenoxy) is 2. The highest BCUT2D eigenvalue weighted by atomic mass is 16.5. The molecule has 6 heteroatoms. The third kappa shape index (κ3) is 4.19. The van der Waals surface area contributed by atoms with E-state index in [2.05, 4.69) is 17.1 Å². The van der Waals surface area contributed by atoms with Gasteiger partial charge in [0, 0.05) is 13.0 Å². The molecule has 1 atom stereocenters. The Bertz CT molecular complexity index is 583. The van der Waals surface area contributed by atoms with Crippen LogP contribution in [0.2, 0.25) is 0 Å². The van der Waals surface area contributed by atoms with E-state index >= 15 is 0 Å². The number of methoxy groups -OCH3 is 1. The summed E-state index contributed by atoms with van der Waals surface area (Å²) in [7, 11) is 1.61. The fourth-order valence-corrected chi connectivity index (χ4v) is 1.94. The summed E-state index contributed by atoms with van der Waals surface area (Å²) in [5.74, 6) is 2.27. The lowest BCUT2D eigenvalue weighted by atomic mass is 10.0. The monoisotopic (exact) mass is 291 g/mol. The largest absolute Gasteiger partial charge is 0.493 e. The van der Waals surface area contributed by atoms with E-state index < -0.39 is 0 Å². The van der Waals surface area contributed by atoms with Crippen molar-refractivity contribution in [2.24, 2.45) is 5.73 Å². The van der Waals surface area contributed by atoms with Gasteiger partial charge in [0.05, 0.1) is 7.11 Å². The highest BCUT2D eigenvalue weighted by Crippen LogP contribution is 2.29. The summed E-state index contributed by atoms with van der Waals surface area (Å²) in [6.45, 7) is 4.02. The van der Waals surface area contributed by atoms with E-state index in [1.807, 2.05) is 18.2 Å². The lowest BCUT2D eigenvalue weighted by molar-refractivity contribution is 0.247. The van der Waals surface area contributed by atoms with Crippen LogP contribution in [0.1, 0.15) is 30.7 Å². The molecular formula is C15H21N3O3. The summed E-state index contributed by atoms with van der Waals surface area (Å²) in [6.07, 6.45) is 1.74. The smallest absolute Gasteiger partial charge is 0.253 e. The van der Waals surface area contributed by atoms with Crippen LogP contribution in [0.5, 0.6) is 11.5 Å². The molecule has 2 N–H and O–H groups in total. The van der Waals surface area contributed by atoms with Gasteiger partial charge in [-0.15, -0.1) is 10.2 Å². The zero-order chi connectivity index (χ0) is 15.2. The first-order chi connectivity index (χ1) is 10.1. The predicted molar refractivity (Wildman–Crippen MR) is 78.3 cm³/mol. The summed E-state index contributed by atoms with van der Waals surface area (Å²) < 4.78 is 16.3. The van der Waals surface area contributed by atoms with Crippen molar-refractivity contribution in [3.63, 3.8) is 0 Å². The third-order valence-corrected chi connectivity index (χ3v) is 3.17. The molecule has 1 aromatic carbocycles. The Kier molecular flexibility index (Phi) is 5.16. The van der Waals surface area contributed by atoms with Crippen LogP contribution in [0.25, 0.3) is 0 Å². The number of benzene rings is 1. The molecule has 0 bridgehead atoms. The van der Waals surface area contributed by atoms with Crippen LogP contribution in [0.4, 0.5) is 0 Å². The molecule has 0 aliphatic carbocycles. The predicted octanol–water partition coefficient (Wildman–Crippen LogP) is 2.25. The Labute approximate surface area is 124 Å². The van der Waals surface area contributed by atoms with E-state index in [4.69, 9.17) is 19.6 Å².